The second kappa shape index (κ2) is 11.7. The summed E-state index contributed by atoms with van der Waals surface area (Å²) in [7, 11) is 0. The predicted molar refractivity (Wildman–Crippen MR) is 130 cm³/mol. The fourth-order valence-electron chi connectivity index (χ4n) is 4.14. The minimum atomic E-state index is 0. The lowest BCUT2D eigenvalue weighted by Gasteiger charge is -2.45. The standard InChI is InChI=1S/C27H33N3O.ClH/c1-21(2)30(22(3)4,19-23-13-7-5-8-14-23)20-27(31)29-26-18-12-11-17-25(26)28-24-15-9-6-10-16-24;/h5-18,21-22,28H,19-20H2,1-4H3;1H. The van der Waals surface area contributed by atoms with E-state index in [0.717, 1.165) is 23.6 Å². The van der Waals surface area contributed by atoms with E-state index in [-0.39, 0.29) is 18.3 Å². The van der Waals surface area contributed by atoms with Crippen LogP contribution in [0.2, 0.25) is 0 Å². The largest absolute Gasteiger partial charge is 1.00 e. The summed E-state index contributed by atoms with van der Waals surface area (Å²) < 4.78 is 0.699. The van der Waals surface area contributed by atoms with Crippen LogP contribution in [0.25, 0.3) is 0 Å². The molecule has 0 aliphatic carbocycles. The van der Waals surface area contributed by atoms with Gasteiger partial charge in [-0.1, -0.05) is 60.7 Å². The van der Waals surface area contributed by atoms with Gasteiger partial charge in [-0.15, -0.1) is 0 Å². The zero-order valence-corrected chi connectivity index (χ0v) is 20.1. The monoisotopic (exact) mass is 451 g/mol. The molecule has 0 radical (unpaired) electrons. The summed E-state index contributed by atoms with van der Waals surface area (Å²) in [6.07, 6.45) is 0. The van der Waals surface area contributed by atoms with Crippen molar-refractivity contribution in [2.75, 3.05) is 17.2 Å². The van der Waals surface area contributed by atoms with Gasteiger partial charge in [0.05, 0.1) is 23.5 Å². The molecule has 5 heteroatoms. The first-order valence-electron chi connectivity index (χ1n) is 11.0. The summed E-state index contributed by atoms with van der Waals surface area (Å²) in [5.74, 6) is 0.0284. The van der Waals surface area contributed by atoms with Crippen LogP contribution in [-0.4, -0.2) is 29.0 Å². The maximum Gasteiger partial charge on any atom is 0.279 e. The topological polar surface area (TPSA) is 41.1 Å². The number of nitrogens with zero attached hydrogens (tertiary/aromatic N) is 1. The molecule has 2 N–H and O–H groups in total. The number of amides is 1. The maximum absolute atomic E-state index is 13.3. The van der Waals surface area contributed by atoms with Crippen LogP contribution in [0, 0.1) is 0 Å². The van der Waals surface area contributed by atoms with Gasteiger partial charge in [-0.25, -0.2) is 0 Å². The fraction of sp³-hybridized carbons (Fsp3) is 0.296. The molecule has 0 saturated heterocycles. The Labute approximate surface area is 198 Å². The molecule has 0 unspecified atom stereocenters. The molecule has 3 rings (SSSR count). The zero-order valence-electron chi connectivity index (χ0n) is 19.4. The molecule has 0 spiro atoms. The maximum atomic E-state index is 13.3. The van der Waals surface area contributed by atoms with Crippen molar-refractivity contribution < 1.29 is 21.7 Å². The minimum absolute atomic E-state index is 0. The third-order valence-electron chi connectivity index (χ3n) is 6.07. The molecule has 170 valence electrons. The molecule has 0 bridgehead atoms. The molecule has 0 fully saturated rings. The zero-order chi connectivity index (χ0) is 22.3. The van der Waals surface area contributed by atoms with E-state index in [1.807, 2.05) is 60.7 Å². The second-order valence-electron chi connectivity index (χ2n) is 8.68. The van der Waals surface area contributed by atoms with Crippen molar-refractivity contribution in [3.63, 3.8) is 0 Å². The van der Waals surface area contributed by atoms with Gasteiger partial charge in [0.25, 0.3) is 5.91 Å². The van der Waals surface area contributed by atoms with Crippen LogP contribution in [0.15, 0.2) is 84.9 Å². The summed E-state index contributed by atoms with van der Waals surface area (Å²) >= 11 is 0. The first kappa shape index (κ1) is 25.4. The van der Waals surface area contributed by atoms with E-state index >= 15 is 0 Å². The molecule has 0 aliphatic heterocycles. The summed E-state index contributed by atoms with van der Waals surface area (Å²) in [4.78, 5) is 13.3. The van der Waals surface area contributed by atoms with Crippen LogP contribution >= 0.6 is 0 Å². The summed E-state index contributed by atoms with van der Waals surface area (Å²) in [6, 6.07) is 28.9. The molecule has 3 aromatic rings. The van der Waals surface area contributed by atoms with E-state index in [1.54, 1.807) is 0 Å². The third kappa shape index (κ3) is 6.35. The van der Waals surface area contributed by atoms with E-state index in [1.165, 1.54) is 5.56 Å². The molecular formula is C27H34ClN3O. The molecule has 0 aromatic heterocycles. The van der Waals surface area contributed by atoms with Gasteiger partial charge in [-0.3, -0.25) is 4.79 Å². The SMILES string of the molecule is CC(C)[N+](CC(=O)Nc1ccccc1Nc1ccccc1)(Cc1ccccc1)C(C)C.[Cl-]. The van der Waals surface area contributed by atoms with Crippen LogP contribution in [0.3, 0.4) is 0 Å². The second-order valence-corrected chi connectivity index (χ2v) is 8.68. The van der Waals surface area contributed by atoms with Crippen LogP contribution < -0.4 is 23.0 Å². The van der Waals surface area contributed by atoms with Crippen LogP contribution in [-0.2, 0) is 11.3 Å². The van der Waals surface area contributed by atoms with E-state index in [2.05, 4.69) is 62.6 Å². The van der Waals surface area contributed by atoms with Crippen molar-refractivity contribution >= 4 is 23.0 Å². The molecular weight excluding hydrogens is 418 g/mol. The number of rotatable bonds is 9. The van der Waals surface area contributed by atoms with E-state index in [4.69, 9.17) is 0 Å². The van der Waals surface area contributed by atoms with Crippen LogP contribution in [0.4, 0.5) is 17.1 Å². The number of hydrogen-bond acceptors (Lipinski definition) is 2. The number of hydrogen-bond donors (Lipinski definition) is 2. The van der Waals surface area contributed by atoms with Gasteiger partial charge in [0.15, 0.2) is 6.54 Å². The average Bonchev–Trinajstić information content (AvgIpc) is 2.76. The van der Waals surface area contributed by atoms with Gasteiger partial charge in [-0.05, 0) is 52.0 Å². The Morgan fingerprint density at radius 1 is 0.750 bits per heavy atom. The highest BCUT2D eigenvalue weighted by Crippen LogP contribution is 2.27. The number of para-hydroxylation sites is 3. The smallest absolute Gasteiger partial charge is 0.279 e. The van der Waals surface area contributed by atoms with Crippen molar-refractivity contribution in [3.05, 3.63) is 90.5 Å². The number of quaternary nitrogens is 1. The average molecular weight is 452 g/mol. The minimum Gasteiger partial charge on any atom is -1.00 e. The van der Waals surface area contributed by atoms with Crippen molar-refractivity contribution in [2.45, 2.75) is 46.3 Å². The Balaban J connectivity index is 0.00000363. The quantitative estimate of drug-likeness (QED) is 0.490. The lowest BCUT2D eigenvalue weighted by molar-refractivity contribution is -0.972. The lowest BCUT2D eigenvalue weighted by atomic mass is 10.1. The number of nitrogens with one attached hydrogen (secondary N) is 2. The Kier molecular flexibility index (Phi) is 9.30. The van der Waals surface area contributed by atoms with Crippen LogP contribution in [0.5, 0.6) is 0 Å². The number of benzene rings is 3. The van der Waals surface area contributed by atoms with Crippen molar-refractivity contribution in [1.82, 2.24) is 0 Å². The van der Waals surface area contributed by atoms with Gasteiger partial charge < -0.3 is 27.5 Å². The fourth-order valence-corrected chi connectivity index (χ4v) is 4.14. The molecule has 4 nitrogen and oxygen atoms in total. The Bertz CT molecular complexity index is 966. The molecule has 32 heavy (non-hydrogen) atoms. The lowest BCUT2D eigenvalue weighted by Crippen LogP contribution is -3.00. The Hall–Kier alpha value is -2.82. The van der Waals surface area contributed by atoms with Gasteiger partial charge in [0, 0.05) is 11.3 Å². The van der Waals surface area contributed by atoms with E-state index < -0.39 is 0 Å². The highest BCUT2D eigenvalue weighted by atomic mass is 35.5. The Morgan fingerprint density at radius 3 is 1.81 bits per heavy atom. The highest BCUT2D eigenvalue weighted by molar-refractivity contribution is 5.95. The first-order chi connectivity index (χ1) is 14.9. The summed E-state index contributed by atoms with van der Waals surface area (Å²) in [6.45, 7) is 10.1. The van der Waals surface area contributed by atoms with E-state index in [9.17, 15) is 4.79 Å². The van der Waals surface area contributed by atoms with Crippen LogP contribution in [0.1, 0.15) is 33.3 Å². The van der Waals surface area contributed by atoms with Gasteiger partial charge in [0.1, 0.15) is 6.54 Å². The summed E-state index contributed by atoms with van der Waals surface area (Å²) in [5, 5.41) is 6.57. The number of carbonyl (C=O) groups excluding carboxylic acids is 1. The molecule has 0 saturated carbocycles. The number of halogens is 1. The molecule has 0 heterocycles. The van der Waals surface area contributed by atoms with Gasteiger partial charge >= 0.3 is 0 Å². The normalized spacial score (nSPS) is 11.2. The number of anilines is 3. The molecule has 3 aromatic carbocycles. The van der Waals surface area contributed by atoms with Gasteiger partial charge in [0.2, 0.25) is 0 Å². The molecule has 0 aliphatic rings. The Morgan fingerprint density at radius 2 is 1.25 bits per heavy atom. The first-order valence-corrected chi connectivity index (χ1v) is 11.0. The van der Waals surface area contributed by atoms with Crippen molar-refractivity contribution in [3.8, 4) is 0 Å². The van der Waals surface area contributed by atoms with E-state index in [0.29, 0.717) is 23.1 Å². The summed E-state index contributed by atoms with van der Waals surface area (Å²) in [5.41, 5.74) is 3.92. The number of carbonyl (C=O) groups is 1. The third-order valence-corrected chi connectivity index (χ3v) is 6.07. The highest BCUT2D eigenvalue weighted by Gasteiger charge is 2.37. The molecule has 0 atom stereocenters. The molecule has 1 amide bonds. The van der Waals surface area contributed by atoms with Gasteiger partial charge in [-0.2, -0.15) is 0 Å². The van der Waals surface area contributed by atoms with Crippen molar-refractivity contribution in [2.24, 2.45) is 0 Å². The predicted octanol–water partition coefficient (Wildman–Crippen LogP) is 3.21. The van der Waals surface area contributed by atoms with Crippen molar-refractivity contribution in [1.29, 1.82) is 0 Å².